The van der Waals surface area contributed by atoms with Gasteiger partial charge in [-0.25, -0.2) is 0 Å². The molecule has 2 saturated heterocycles. The van der Waals surface area contributed by atoms with Gasteiger partial charge in [0, 0.05) is 57.1 Å². The zero-order valence-electron chi connectivity index (χ0n) is 17.7. The Hall–Kier alpha value is -2.05. The molecule has 1 aromatic rings. The van der Waals surface area contributed by atoms with E-state index in [1.165, 1.54) is 11.3 Å². The average Bonchev–Trinajstić information content (AvgIpc) is 2.89. The van der Waals surface area contributed by atoms with E-state index in [2.05, 4.69) is 40.2 Å². The van der Waals surface area contributed by atoms with Crippen LogP contribution in [0.15, 0.2) is 30.4 Å². The molecule has 4 rings (SSSR count). The summed E-state index contributed by atoms with van der Waals surface area (Å²) in [5.74, 6) is 1.22. The predicted molar refractivity (Wildman–Crippen MR) is 114 cm³/mol. The number of benzene rings is 1. The van der Waals surface area contributed by atoms with Crippen molar-refractivity contribution in [2.24, 2.45) is 5.41 Å². The molecule has 0 radical (unpaired) electrons. The number of allylic oxidation sites excluding steroid dienone is 1. The van der Waals surface area contributed by atoms with Crippen molar-refractivity contribution in [2.75, 3.05) is 65.0 Å². The number of likely N-dealkylation sites (tertiary alicyclic amines) is 1. The van der Waals surface area contributed by atoms with E-state index in [0.29, 0.717) is 5.91 Å². The number of anilines is 1. The molecule has 1 unspecified atom stereocenters. The van der Waals surface area contributed by atoms with Gasteiger partial charge in [0.1, 0.15) is 5.75 Å². The van der Waals surface area contributed by atoms with E-state index in [0.717, 1.165) is 77.5 Å². The topological polar surface area (TPSA) is 45.3 Å². The Labute approximate surface area is 174 Å². The minimum atomic E-state index is -0.277. The van der Waals surface area contributed by atoms with Gasteiger partial charge in [0.05, 0.1) is 25.7 Å². The maximum absolute atomic E-state index is 13.1. The van der Waals surface area contributed by atoms with E-state index in [9.17, 15) is 4.79 Å². The van der Waals surface area contributed by atoms with Crippen molar-refractivity contribution < 1.29 is 14.3 Å². The number of carbonyl (C=O) groups excluding carboxylic acids is 1. The molecule has 6 heteroatoms. The Morgan fingerprint density at radius 3 is 2.79 bits per heavy atom. The number of hydrogen-bond donors (Lipinski definition) is 0. The molecule has 0 bridgehead atoms. The van der Waals surface area contributed by atoms with Crippen LogP contribution in [0, 0.1) is 5.41 Å². The summed E-state index contributed by atoms with van der Waals surface area (Å²) in [5, 5.41) is 0. The first kappa shape index (κ1) is 20.2. The summed E-state index contributed by atoms with van der Waals surface area (Å²) in [7, 11) is 3.67. The van der Waals surface area contributed by atoms with Crippen molar-refractivity contribution in [1.82, 2.24) is 9.80 Å². The fourth-order valence-electron chi connectivity index (χ4n) is 4.94. The summed E-state index contributed by atoms with van der Waals surface area (Å²) in [6.07, 6.45) is 7.20. The quantitative estimate of drug-likeness (QED) is 0.728. The van der Waals surface area contributed by atoms with Gasteiger partial charge in [-0.3, -0.25) is 9.69 Å². The van der Waals surface area contributed by atoms with Gasteiger partial charge in [-0.2, -0.15) is 0 Å². The summed E-state index contributed by atoms with van der Waals surface area (Å²) in [6, 6.07) is 6.52. The maximum atomic E-state index is 13.1. The van der Waals surface area contributed by atoms with Crippen LogP contribution in [-0.4, -0.2) is 75.8 Å². The highest BCUT2D eigenvalue weighted by molar-refractivity contribution is 5.83. The Morgan fingerprint density at radius 2 is 2.00 bits per heavy atom. The number of amides is 1. The second-order valence-electron chi connectivity index (χ2n) is 8.55. The number of methoxy groups -OCH3 is 1. The van der Waals surface area contributed by atoms with Crippen molar-refractivity contribution >= 4 is 11.6 Å². The van der Waals surface area contributed by atoms with Crippen LogP contribution >= 0.6 is 0 Å². The average molecular weight is 400 g/mol. The molecule has 3 aliphatic rings. The zero-order chi connectivity index (χ0) is 20.3. The highest BCUT2D eigenvalue weighted by Gasteiger charge is 2.43. The van der Waals surface area contributed by atoms with Gasteiger partial charge in [0.2, 0.25) is 5.91 Å². The van der Waals surface area contributed by atoms with Crippen LogP contribution < -0.4 is 9.64 Å². The molecule has 0 aliphatic carbocycles. The van der Waals surface area contributed by atoms with Gasteiger partial charge in [-0.15, -0.1) is 0 Å². The third kappa shape index (κ3) is 4.28. The second kappa shape index (κ2) is 8.76. The highest BCUT2D eigenvalue weighted by Crippen LogP contribution is 2.38. The first-order valence-electron chi connectivity index (χ1n) is 10.7. The number of likely N-dealkylation sites (N-methyl/N-ethyl adjacent to an activating group) is 1. The standard InChI is InChI=1S/C23H33N3O3/c1-24-10-4-3-8-23(22(24)27)9-5-11-25(18-23)17-19-6-7-20(16-21(19)28-2)26-12-14-29-15-13-26/h3-4,6-7,16H,5,8-15,17-18H2,1-2H3. The lowest BCUT2D eigenvalue weighted by molar-refractivity contribution is -0.143. The number of morpholine rings is 1. The van der Waals surface area contributed by atoms with E-state index in [1.54, 1.807) is 7.11 Å². The van der Waals surface area contributed by atoms with Crippen LogP contribution in [-0.2, 0) is 16.1 Å². The molecule has 0 N–H and O–H groups in total. The van der Waals surface area contributed by atoms with Gasteiger partial charge in [-0.05, 0) is 31.9 Å². The van der Waals surface area contributed by atoms with Crippen molar-refractivity contribution in [2.45, 2.75) is 25.8 Å². The van der Waals surface area contributed by atoms with Crippen molar-refractivity contribution in [3.8, 4) is 5.75 Å². The number of carbonyl (C=O) groups is 1. The van der Waals surface area contributed by atoms with E-state index in [-0.39, 0.29) is 5.41 Å². The van der Waals surface area contributed by atoms with E-state index in [4.69, 9.17) is 9.47 Å². The monoisotopic (exact) mass is 399 g/mol. The summed E-state index contributed by atoms with van der Waals surface area (Å²) in [5.41, 5.74) is 2.10. The molecule has 1 spiro atoms. The van der Waals surface area contributed by atoms with Crippen molar-refractivity contribution in [3.05, 3.63) is 35.9 Å². The number of hydrogen-bond acceptors (Lipinski definition) is 5. The molecule has 3 aliphatic heterocycles. The summed E-state index contributed by atoms with van der Waals surface area (Å²) in [4.78, 5) is 19.7. The van der Waals surface area contributed by atoms with Crippen LogP contribution in [0.2, 0.25) is 0 Å². The first-order chi connectivity index (χ1) is 14.1. The van der Waals surface area contributed by atoms with Crippen LogP contribution in [0.1, 0.15) is 24.8 Å². The minimum absolute atomic E-state index is 0.277. The Kier molecular flexibility index (Phi) is 6.11. The normalized spacial score (nSPS) is 26.1. The molecule has 6 nitrogen and oxygen atoms in total. The van der Waals surface area contributed by atoms with Crippen LogP contribution in [0.3, 0.4) is 0 Å². The summed E-state index contributed by atoms with van der Waals surface area (Å²) in [6.45, 7) is 6.76. The van der Waals surface area contributed by atoms with Gasteiger partial charge < -0.3 is 19.3 Å². The number of ether oxygens (including phenoxy) is 2. The van der Waals surface area contributed by atoms with Crippen LogP contribution in [0.4, 0.5) is 5.69 Å². The first-order valence-corrected chi connectivity index (χ1v) is 10.7. The molecule has 158 valence electrons. The van der Waals surface area contributed by atoms with E-state index >= 15 is 0 Å². The van der Waals surface area contributed by atoms with Gasteiger partial charge in [-0.1, -0.05) is 18.2 Å². The molecule has 3 heterocycles. The lowest BCUT2D eigenvalue weighted by Gasteiger charge is -2.42. The minimum Gasteiger partial charge on any atom is -0.496 e. The van der Waals surface area contributed by atoms with E-state index in [1.807, 2.05) is 11.9 Å². The number of rotatable bonds is 4. The van der Waals surface area contributed by atoms with Crippen LogP contribution in [0.25, 0.3) is 0 Å². The molecule has 1 aromatic carbocycles. The fraction of sp³-hybridized carbons (Fsp3) is 0.609. The molecular formula is C23H33N3O3. The highest BCUT2D eigenvalue weighted by atomic mass is 16.5. The SMILES string of the molecule is COc1cc(N2CCOCC2)ccc1CN1CCCC2(CC=CCN(C)C2=O)C1. The summed E-state index contributed by atoms with van der Waals surface area (Å²) >= 11 is 0. The van der Waals surface area contributed by atoms with Crippen molar-refractivity contribution in [1.29, 1.82) is 0 Å². The molecular weight excluding hydrogens is 366 g/mol. The van der Waals surface area contributed by atoms with Crippen LogP contribution in [0.5, 0.6) is 5.75 Å². The second-order valence-corrected chi connectivity index (χ2v) is 8.55. The number of piperidine rings is 1. The molecule has 0 aromatic heterocycles. The van der Waals surface area contributed by atoms with Gasteiger partial charge in [0.15, 0.2) is 0 Å². The molecule has 1 atom stereocenters. The fourth-order valence-corrected chi connectivity index (χ4v) is 4.94. The largest absolute Gasteiger partial charge is 0.496 e. The van der Waals surface area contributed by atoms with Gasteiger partial charge in [0.25, 0.3) is 0 Å². The lowest BCUT2D eigenvalue weighted by Crippen LogP contribution is -2.51. The van der Waals surface area contributed by atoms with E-state index < -0.39 is 0 Å². The third-order valence-electron chi connectivity index (χ3n) is 6.55. The molecule has 2 fully saturated rings. The smallest absolute Gasteiger partial charge is 0.230 e. The predicted octanol–water partition coefficient (Wildman–Crippen LogP) is 2.53. The van der Waals surface area contributed by atoms with Crippen molar-refractivity contribution in [3.63, 3.8) is 0 Å². The Bertz CT molecular complexity index is 760. The zero-order valence-corrected chi connectivity index (χ0v) is 17.7. The molecule has 29 heavy (non-hydrogen) atoms. The Morgan fingerprint density at radius 1 is 1.17 bits per heavy atom. The molecule has 0 saturated carbocycles. The third-order valence-corrected chi connectivity index (χ3v) is 6.55. The maximum Gasteiger partial charge on any atom is 0.230 e. The Balaban J connectivity index is 1.49. The van der Waals surface area contributed by atoms with Gasteiger partial charge >= 0.3 is 0 Å². The molecule has 1 amide bonds. The lowest BCUT2D eigenvalue weighted by atomic mass is 9.76. The summed E-state index contributed by atoms with van der Waals surface area (Å²) < 4.78 is 11.2. The number of nitrogens with zero attached hydrogens (tertiary/aromatic N) is 3.